The number of nitrogens with zero attached hydrogens (tertiary/aromatic N) is 2. The van der Waals surface area contributed by atoms with Gasteiger partial charge in [0.05, 0.1) is 25.4 Å². The molecular weight excluding hydrogens is 495 g/mol. The Labute approximate surface area is 197 Å². The van der Waals surface area contributed by atoms with E-state index < -0.39 is 0 Å². The Morgan fingerprint density at radius 2 is 2.07 bits per heavy atom. The first kappa shape index (κ1) is 25.2. The monoisotopic (exact) mass is 532 g/mol. The molecule has 1 unspecified atom stereocenters. The number of aliphatic imine (C=N–C) groups is 1. The van der Waals surface area contributed by atoms with Gasteiger partial charge in [-0.25, -0.2) is 4.99 Å². The van der Waals surface area contributed by atoms with Gasteiger partial charge in [-0.3, -0.25) is 4.90 Å². The lowest BCUT2D eigenvalue weighted by Crippen LogP contribution is -2.45. The van der Waals surface area contributed by atoms with E-state index in [0.29, 0.717) is 13.2 Å². The predicted molar refractivity (Wildman–Crippen MR) is 131 cm³/mol. The Bertz CT molecular complexity index is 647. The SMILES string of the molecule is CCNC(=NCc1cccc(OCCN2CCOCC2)c1)NCC1(C)CCCO1.I. The molecule has 2 N–H and O–H groups in total. The molecule has 1 aromatic carbocycles. The largest absolute Gasteiger partial charge is 0.492 e. The lowest BCUT2D eigenvalue weighted by molar-refractivity contribution is 0.0243. The van der Waals surface area contributed by atoms with Crippen molar-refractivity contribution in [2.75, 3.05) is 59.2 Å². The lowest BCUT2D eigenvalue weighted by atomic mass is 10.0. The first-order chi connectivity index (χ1) is 14.2. The van der Waals surface area contributed by atoms with Gasteiger partial charge >= 0.3 is 0 Å². The molecule has 1 atom stereocenters. The topological polar surface area (TPSA) is 67.4 Å². The molecule has 0 saturated carbocycles. The molecule has 2 aliphatic rings. The zero-order chi connectivity index (χ0) is 20.4. The van der Waals surface area contributed by atoms with Crippen LogP contribution in [0.15, 0.2) is 29.3 Å². The molecule has 2 heterocycles. The Balaban J connectivity index is 0.00000320. The summed E-state index contributed by atoms with van der Waals surface area (Å²) in [4.78, 5) is 7.11. The van der Waals surface area contributed by atoms with Crippen molar-refractivity contribution in [3.8, 4) is 5.75 Å². The third-order valence-electron chi connectivity index (χ3n) is 5.37. The maximum atomic E-state index is 5.95. The molecule has 7 nitrogen and oxygen atoms in total. The van der Waals surface area contributed by atoms with Crippen LogP contribution in [0.2, 0.25) is 0 Å². The van der Waals surface area contributed by atoms with E-state index in [1.165, 1.54) is 0 Å². The molecule has 3 rings (SSSR count). The van der Waals surface area contributed by atoms with Crippen LogP contribution in [0.3, 0.4) is 0 Å². The van der Waals surface area contributed by atoms with Crippen LogP contribution in [0.1, 0.15) is 32.3 Å². The molecule has 1 aromatic rings. The standard InChI is InChI=1S/C22H36N4O3.HI/c1-3-23-21(25-18-22(2)8-5-12-29-22)24-17-19-6-4-7-20(16-19)28-15-11-26-9-13-27-14-10-26;/h4,6-7,16H,3,5,8-15,17-18H2,1-2H3,(H2,23,24,25);1H. The van der Waals surface area contributed by atoms with Crippen molar-refractivity contribution in [2.45, 2.75) is 38.8 Å². The van der Waals surface area contributed by atoms with Gasteiger partial charge in [-0.05, 0) is 44.4 Å². The minimum absolute atomic E-state index is 0. The number of ether oxygens (including phenoxy) is 3. The Morgan fingerprint density at radius 3 is 2.80 bits per heavy atom. The maximum Gasteiger partial charge on any atom is 0.191 e. The van der Waals surface area contributed by atoms with Gasteiger partial charge < -0.3 is 24.8 Å². The second-order valence-electron chi connectivity index (χ2n) is 7.90. The molecular formula is C22H37IN4O3. The van der Waals surface area contributed by atoms with Gasteiger partial charge in [-0.15, -0.1) is 24.0 Å². The number of hydrogen-bond acceptors (Lipinski definition) is 5. The molecule has 2 saturated heterocycles. The highest BCUT2D eigenvalue weighted by atomic mass is 127. The lowest BCUT2D eigenvalue weighted by Gasteiger charge is -2.26. The Hall–Kier alpha value is -1.10. The molecule has 8 heteroatoms. The van der Waals surface area contributed by atoms with E-state index in [2.05, 4.69) is 41.5 Å². The van der Waals surface area contributed by atoms with Crippen molar-refractivity contribution in [2.24, 2.45) is 4.99 Å². The Kier molecular flexibility index (Phi) is 11.2. The van der Waals surface area contributed by atoms with E-state index in [1.807, 2.05) is 12.1 Å². The fourth-order valence-corrected chi connectivity index (χ4v) is 3.61. The summed E-state index contributed by atoms with van der Waals surface area (Å²) < 4.78 is 17.2. The quantitative estimate of drug-likeness (QED) is 0.290. The number of nitrogens with one attached hydrogen (secondary N) is 2. The van der Waals surface area contributed by atoms with Gasteiger partial charge in [-0.1, -0.05) is 12.1 Å². The van der Waals surface area contributed by atoms with Crippen LogP contribution in [0.5, 0.6) is 5.75 Å². The highest BCUT2D eigenvalue weighted by Crippen LogP contribution is 2.23. The normalized spacial score (nSPS) is 22.4. The number of halogens is 1. The third-order valence-corrected chi connectivity index (χ3v) is 5.37. The number of hydrogen-bond donors (Lipinski definition) is 2. The molecule has 30 heavy (non-hydrogen) atoms. The smallest absolute Gasteiger partial charge is 0.191 e. The molecule has 0 aromatic heterocycles. The summed E-state index contributed by atoms with van der Waals surface area (Å²) >= 11 is 0. The number of benzene rings is 1. The minimum Gasteiger partial charge on any atom is -0.492 e. The van der Waals surface area contributed by atoms with Crippen molar-refractivity contribution < 1.29 is 14.2 Å². The summed E-state index contributed by atoms with van der Waals surface area (Å²) in [7, 11) is 0. The van der Waals surface area contributed by atoms with Gasteiger partial charge in [0, 0.05) is 39.3 Å². The maximum absolute atomic E-state index is 5.95. The number of morpholine rings is 1. The van der Waals surface area contributed by atoms with Crippen LogP contribution in [0, 0.1) is 0 Å². The Morgan fingerprint density at radius 1 is 1.23 bits per heavy atom. The van der Waals surface area contributed by atoms with E-state index >= 15 is 0 Å². The molecule has 170 valence electrons. The van der Waals surface area contributed by atoms with Gasteiger partial charge in [-0.2, -0.15) is 0 Å². The average molecular weight is 532 g/mol. The first-order valence-electron chi connectivity index (χ1n) is 10.8. The van der Waals surface area contributed by atoms with Crippen molar-refractivity contribution in [3.05, 3.63) is 29.8 Å². The third kappa shape index (κ3) is 8.56. The van der Waals surface area contributed by atoms with E-state index in [9.17, 15) is 0 Å². The van der Waals surface area contributed by atoms with Gasteiger partial charge in [0.1, 0.15) is 12.4 Å². The summed E-state index contributed by atoms with van der Waals surface area (Å²) in [5, 5.41) is 6.74. The minimum atomic E-state index is -0.0928. The van der Waals surface area contributed by atoms with E-state index in [4.69, 9.17) is 19.2 Å². The summed E-state index contributed by atoms with van der Waals surface area (Å²) in [6.07, 6.45) is 2.22. The summed E-state index contributed by atoms with van der Waals surface area (Å²) in [5.74, 6) is 1.72. The molecule has 0 amide bonds. The van der Waals surface area contributed by atoms with Crippen molar-refractivity contribution in [1.82, 2.24) is 15.5 Å². The van der Waals surface area contributed by atoms with E-state index in [1.54, 1.807) is 0 Å². The highest BCUT2D eigenvalue weighted by Gasteiger charge is 2.29. The fraction of sp³-hybridized carbons (Fsp3) is 0.682. The first-order valence-corrected chi connectivity index (χ1v) is 10.8. The van der Waals surface area contributed by atoms with Crippen molar-refractivity contribution in [3.63, 3.8) is 0 Å². The molecule has 0 radical (unpaired) electrons. The van der Waals surface area contributed by atoms with Crippen LogP contribution in [-0.4, -0.2) is 75.6 Å². The van der Waals surface area contributed by atoms with Crippen LogP contribution >= 0.6 is 24.0 Å². The van der Waals surface area contributed by atoms with Gasteiger partial charge in [0.25, 0.3) is 0 Å². The molecule has 0 bridgehead atoms. The summed E-state index contributed by atoms with van der Waals surface area (Å²) in [6, 6.07) is 8.20. The zero-order valence-corrected chi connectivity index (χ0v) is 20.7. The summed E-state index contributed by atoms with van der Waals surface area (Å²) in [5.41, 5.74) is 1.04. The molecule has 2 fully saturated rings. The van der Waals surface area contributed by atoms with Gasteiger partial charge in [0.2, 0.25) is 0 Å². The van der Waals surface area contributed by atoms with Crippen LogP contribution in [0.4, 0.5) is 0 Å². The van der Waals surface area contributed by atoms with E-state index in [-0.39, 0.29) is 29.6 Å². The van der Waals surface area contributed by atoms with Crippen LogP contribution < -0.4 is 15.4 Å². The van der Waals surface area contributed by atoms with Crippen LogP contribution in [0.25, 0.3) is 0 Å². The second-order valence-corrected chi connectivity index (χ2v) is 7.90. The van der Waals surface area contributed by atoms with Crippen molar-refractivity contribution in [1.29, 1.82) is 0 Å². The fourth-order valence-electron chi connectivity index (χ4n) is 3.61. The highest BCUT2D eigenvalue weighted by molar-refractivity contribution is 14.0. The molecule has 0 aliphatic carbocycles. The number of guanidine groups is 1. The zero-order valence-electron chi connectivity index (χ0n) is 18.3. The molecule has 2 aliphatic heterocycles. The van der Waals surface area contributed by atoms with Gasteiger partial charge in [0.15, 0.2) is 5.96 Å². The average Bonchev–Trinajstić information content (AvgIpc) is 3.18. The van der Waals surface area contributed by atoms with Crippen LogP contribution in [-0.2, 0) is 16.0 Å². The van der Waals surface area contributed by atoms with Crippen molar-refractivity contribution >= 4 is 29.9 Å². The number of rotatable bonds is 9. The summed E-state index contributed by atoms with van der Waals surface area (Å²) in [6.45, 7) is 12.5. The van der Waals surface area contributed by atoms with E-state index in [0.717, 1.165) is 82.7 Å². The molecule has 0 spiro atoms. The predicted octanol–water partition coefficient (Wildman–Crippen LogP) is 2.64. The second kappa shape index (κ2) is 13.3.